The van der Waals surface area contributed by atoms with Crippen molar-refractivity contribution in [3.05, 3.63) is 65.7 Å². The van der Waals surface area contributed by atoms with E-state index in [1.165, 1.54) is 12.1 Å². The molecule has 3 nitrogen and oxygen atoms in total. The first kappa shape index (κ1) is 12.8. The third-order valence-electron chi connectivity index (χ3n) is 3.65. The SMILES string of the molecule is O=C(c1ccccc1F)N1CCCC1c1ccccn1. The second-order valence-corrected chi connectivity index (χ2v) is 4.89. The van der Waals surface area contributed by atoms with Crippen LogP contribution in [0.4, 0.5) is 4.39 Å². The molecule has 1 atom stereocenters. The summed E-state index contributed by atoms with van der Waals surface area (Å²) in [6, 6.07) is 11.7. The van der Waals surface area contributed by atoms with Gasteiger partial charge >= 0.3 is 0 Å². The maximum atomic E-state index is 13.8. The predicted octanol–water partition coefficient (Wildman–Crippen LogP) is 3.20. The van der Waals surface area contributed by atoms with Crippen LogP contribution >= 0.6 is 0 Å². The predicted molar refractivity (Wildman–Crippen MR) is 73.6 cm³/mol. The highest BCUT2D eigenvalue weighted by molar-refractivity contribution is 5.94. The lowest BCUT2D eigenvalue weighted by Gasteiger charge is -2.24. The minimum atomic E-state index is -0.468. The van der Waals surface area contributed by atoms with Gasteiger partial charge in [-0.15, -0.1) is 0 Å². The summed E-state index contributed by atoms with van der Waals surface area (Å²) >= 11 is 0. The van der Waals surface area contributed by atoms with E-state index in [-0.39, 0.29) is 17.5 Å². The fourth-order valence-electron chi connectivity index (χ4n) is 2.68. The molecule has 0 spiro atoms. The van der Waals surface area contributed by atoms with Gasteiger partial charge in [-0.3, -0.25) is 9.78 Å². The Bertz CT molecular complexity index is 615. The van der Waals surface area contributed by atoms with Gasteiger partial charge in [-0.2, -0.15) is 0 Å². The van der Waals surface area contributed by atoms with Crippen molar-refractivity contribution in [2.24, 2.45) is 0 Å². The van der Waals surface area contributed by atoms with Crippen LogP contribution in [-0.4, -0.2) is 22.3 Å². The van der Waals surface area contributed by atoms with Gasteiger partial charge in [-0.25, -0.2) is 4.39 Å². The second kappa shape index (κ2) is 5.41. The maximum Gasteiger partial charge on any atom is 0.257 e. The van der Waals surface area contributed by atoms with E-state index in [9.17, 15) is 9.18 Å². The highest BCUT2D eigenvalue weighted by Crippen LogP contribution is 2.32. The number of pyridine rings is 1. The molecule has 102 valence electrons. The molecule has 0 radical (unpaired) electrons. The molecule has 4 heteroatoms. The van der Waals surface area contributed by atoms with Gasteiger partial charge in [0.15, 0.2) is 0 Å². The standard InChI is InChI=1S/C16H15FN2O/c17-13-7-2-1-6-12(13)16(20)19-11-5-9-15(19)14-8-3-4-10-18-14/h1-4,6-8,10,15H,5,9,11H2. The smallest absolute Gasteiger partial charge is 0.257 e. The summed E-state index contributed by atoms with van der Waals surface area (Å²) in [7, 11) is 0. The summed E-state index contributed by atoms with van der Waals surface area (Å²) in [4.78, 5) is 18.6. The quantitative estimate of drug-likeness (QED) is 0.839. The average molecular weight is 270 g/mol. The highest BCUT2D eigenvalue weighted by atomic mass is 19.1. The minimum absolute atomic E-state index is 0.0525. The summed E-state index contributed by atoms with van der Waals surface area (Å²) in [5, 5.41) is 0. The third-order valence-corrected chi connectivity index (χ3v) is 3.65. The Balaban J connectivity index is 1.90. The Morgan fingerprint density at radius 1 is 1.20 bits per heavy atom. The van der Waals surface area contributed by atoms with Crippen molar-refractivity contribution in [3.8, 4) is 0 Å². The molecule has 1 aliphatic rings. The van der Waals surface area contributed by atoms with E-state index in [1.807, 2.05) is 18.2 Å². The Morgan fingerprint density at radius 3 is 2.75 bits per heavy atom. The maximum absolute atomic E-state index is 13.8. The molecule has 0 bridgehead atoms. The Hall–Kier alpha value is -2.23. The van der Waals surface area contributed by atoms with Gasteiger partial charge in [-0.05, 0) is 37.1 Å². The minimum Gasteiger partial charge on any atom is -0.330 e. The number of rotatable bonds is 2. The van der Waals surface area contributed by atoms with Crippen molar-refractivity contribution in [1.29, 1.82) is 0 Å². The number of hydrogen-bond acceptors (Lipinski definition) is 2. The van der Waals surface area contributed by atoms with Gasteiger partial charge in [0.25, 0.3) is 5.91 Å². The first-order chi connectivity index (χ1) is 9.77. The number of hydrogen-bond donors (Lipinski definition) is 0. The van der Waals surface area contributed by atoms with E-state index in [4.69, 9.17) is 0 Å². The Labute approximate surface area is 117 Å². The van der Waals surface area contributed by atoms with Crippen LogP contribution in [0.1, 0.15) is 34.9 Å². The van der Waals surface area contributed by atoms with Crippen LogP contribution in [0.3, 0.4) is 0 Å². The van der Waals surface area contributed by atoms with Crippen LogP contribution in [0.25, 0.3) is 0 Å². The van der Waals surface area contributed by atoms with Gasteiger partial charge in [0.1, 0.15) is 5.82 Å². The fourth-order valence-corrected chi connectivity index (χ4v) is 2.68. The van der Waals surface area contributed by atoms with E-state index in [0.29, 0.717) is 6.54 Å². The molecule has 0 saturated carbocycles. The number of nitrogens with zero attached hydrogens (tertiary/aromatic N) is 2. The summed E-state index contributed by atoms with van der Waals surface area (Å²) in [5.74, 6) is -0.722. The van der Waals surface area contributed by atoms with Gasteiger partial charge < -0.3 is 4.90 Å². The molecule has 0 N–H and O–H groups in total. The molecule has 2 heterocycles. The number of aromatic nitrogens is 1. The largest absolute Gasteiger partial charge is 0.330 e. The lowest BCUT2D eigenvalue weighted by atomic mass is 10.1. The Kier molecular flexibility index (Phi) is 3.46. The molecule has 3 rings (SSSR count). The molecule has 1 amide bonds. The lowest BCUT2D eigenvalue weighted by molar-refractivity contribution is 0.0728. The van der Waals surface area contributed by atoms with Gasteiger partial charge in [0.2, 0.25) is 0 Å². The van der Waals surface area contributed by atoms with Crippen molar-refractivity contribution < 1.29 is 9.18 Å². The number of benzene rings is 1. The number of carbonyl (C=O) groups excluding carboxylic acids is 1. The van der Waals surface area contributed by atoms with E-state index >= 15 is 0 Å². The summed E-state index contributed by atoms with van der Waals surface area (Å²) < 4.78 is 13.8. The summed E-state index contributed by atoms with van der Waals surface area (Å²) in [5.41, 5.74) is 1.00. The van der Waals surface area contributed by atoms with Gasteiger partial charge in [-0.1, -0.05) is 18.2 Å². The zero-order valence-corrected chi connectivity index (χ0v) is 11.0. The van der Waals surface area contributed by atoms with Crippen LogP contribution in [0, 0.1) is 5.82 Å². The first-order valence-electron chi connectivity index (χ1n) is 6.74. The van der Waals surface area contributed by atoms with Crippen LogP contribution in [-0.2, 0) is 0 Å². The summed E-state index contributed by atoms with van der Waals surface area (Å²) in [6.07, 6.45) is 3.51. The summed E-state index contributed by atoms with van der Waals surface area (Å²) in [6.45, 7) is 0.647. The molecule has 1 unspecified atom stereocenters. The van der Waals surface area contributed by atoms with Crippen LogP contribution in [0.5, 0.6) is 0 Å². The molecular formula is C16H15FN2O. The van der Waals surface area contributed by atoms with E-state index in [2.05, 4.69) is 4.98 Å². The number of carbonyl (C=O) groups is 1. The van der Waals surface area contributed by atoms with Crippen LogP contribution in [0.2, 0.25) is 0 Å². The first-order valence-corrected chi connectivity index (χ1v) is 6.74. The van der Waals surface area contributed by atoms with Crippen molar-refractivity contribution in [3.63, 3.8) is 0 Å². The van der Waals surface area contributed by atoms with E-state index in [0.717, 1.165) is 18.5 Å². The number of likely N-dealkylation sites (tertiary alicyclic amines) is 1. The van der Waals surface area contributed by atoms with Crippen molar-refractivity contribution in [1.82, 2.24) is 9.88 Å². The molecule has 1 aromatic carbocycles. The molecular weight excluding hydrogens is 255 g/mol. The van der Waals surface area contributed by atoms with Crippen molar-refractivity contribution in [2.75, 3.05) is 6.54 Å². The second-order valence-electron chi connectivity index (χ2n) is 4.89. The number of amides is 1. The van der Waals surface area contributed by atoms with Gasteiger partial charge in [0.05, 0.1) is 17.3 Å². The van der Waals surface area contributed by atoms with Crippen LogP contribution < -0.4 is 0 Å². The van der Waals surface area contributed by atoms with Crippen molar-refractivity contribution in [2.45, 2.75) is 18.9 Å². The molecule has 1 saturated heterocycles. The van der Waals surface area contributed by atoms with E-state index < -0.39 is 5.82 Å². The zero-order valence-electron chi connectivity index (χ0n) is 11.0. The zero-order chi connectivity index (χ0) is 13.9. The molecule has 0 aliphatic carbocycles. The average Bonchev–Trinajstić information content (AvgIpc) is 2.97. The monoisotopic (exact) mass is 270 g/mol. The molecule has 1 aromatic heterocycles. The van der Waals surface area contributed by atoms with Gasteiger partial charge in [0, 0.05) is 12.7 Å². The lowest BCUT2D eigenvalue weighted by Crippen LogP contribution is -2.31. The van der Waals surface area contributed by atoms with Crippen LogP contribution in [0.15, 0.2) is 48.7 Å². The number of halogens is 1. The highest BCUT2D eigenvalue weighted by Gasteiger charge is 2.32. The van der Waals surface area contributed by atoms with Crippen molar-refractivity contribution >= 4 is 5.91 Å². The fraction of sp³-hybridized carbons (Fsp3) is 0.250. The normalized spacial score (nSPS) is 18.2. The molecule has 2 aromatic rings. The third kappa shape index (κ3) is 2.29. The molecule has 1 aliphatic heterocycles. The van der Waals surface area contributed by atoms with E-state index in [1.54, 1.807) is 23.2 Å². The Morgan fingerprint density at radius 2 is 2.00 bits per heavy atom. The molecule has 20 heavy (non-hydrogen) atoms. The topological polar surface area (TPSA) is 33.2 Å². The molecule has 1 fully saturated rings.